The highest BCUT2D eigenvalue weighted by molar-refractivity contribution is 5.83. The Hall–Kier alpha value is -0.410. The van der Waals surface area contributed by atoms with Gasteiger partial charge in [-0.1, -0.05) is 0 Å². The van der Waals surface area contributed by atoms with E-state index in [0.717, 1.165) is 45.3 Å². The zero-order valence-electron chi connectivity index (χ0n) is 8.61. The molecule has 1 aliphatic carbocycles. The predicted molar refractivity (Wildman–Crippen MR) is 54.0 cm³/mol. The van der Waals surface area contributed by atoms with Gasteiger partial charge in [-0.15, -0.1) is 0 Å². The van der Waals surface area contributed by atoms with E-state index in [9.17, 15) is 4.79 Å². The molecule has 2 fully saturated rings. The number of ketones is 1. The molecule has 0 aromatic rings. The van der Waals surface area contributed by atoms with E-state index in [2.05, 4.69) is 4.90 Å². The summed E-state index contributed by atoms with van der Waals surface area (Å²) in [5.41, 5.74) is 0. The number of hydrogen-bond donors (Lipinski definition) is 1. The van der Waals surface area contributed by atoms with E-state index in [1.54, 1.807) is 0 Å². The van der Waals surface area contributed by atoms with Crippen molar-refractivity contribution in [3.8, 4) is 0 Å². The van der Waals surface area contributed by atoms with Gasteiger partial charge < -0.3 is 10.0 Å². The van der Waals surface area contributed by atoms with Gasteiger partial charge in [-0.3, -0.25) is 4.79 Å². The van der Waals surface area contributed by atoms with Crippen molar-refractivity contribution in [2.75, 3.05) is 26.2 Å². The van der Waals surface area contributed by atoms with Gasteiger partial charge in [0.2, 0.25) is 0 Å². The van der Waals surface area contributed by atoms with Crippen LogP contribution in [0.1, 0.15) is 25.7 Å². The predicted octanol–water partition coefficient (Wildman–Crippen LogP) is 0.670. The molecule has 0 amide bonds. The summed E-state index contributed by atoms with van der Waals surface area (Å²) in [6.07, 6.45) is 4.05. The van der Waals surface area contributed by atoms with E-state index >= 15 is 0 Å². The fraction of sp³-hybridized carbons (Fsp3) is 0.909. The lowest BCUT2D eigenvalue weighted by molar-refractivity contribution is -0.121. The van der Waals surface area contributed by atoms with Gasteiger partial charge in [0.1, 0.15) is 5.78 Å². The highest BCUT2D eigenvalue weighted by Crippen LogP contribution is 2.24. The number of carbonyl (C=O) groups excluding carboxylic acids is 1. The van der Waals surface area contributed by atoms with Gasteiger partial charge in [0, 0.05) is 32.0 Å². The zero-order chi connectivity index (χ0) is 9.97. The number of likely N-dealkylation sites (tertiary alicyclic amines) is 1. The molecule has 14 heavy (non-hydrogen) atoms. The maximum atomic E-state index is 11.4. The second kappa shape index (κ2) is 4.41. The van der Waals surface area contributed by atoms with Gasteiger partial charge in [-0.2, -0.15) is 0 Å². The van der Waals surface area contributed by atoms with E-state index in [1.165, 1.54) is 0 Å². The van der Waals surface area contributed by atoms with Crippen LogP contribution in [0.2, 0.25) is 0 Å². The fourth-order valence-electron chi connectivity index (χ4n) is 2.62. The summed E-state index contributed by atoms with van der Waals surface area (Å²) in [4.78, 5) is 13.8. The molecule has 1 heterocycles. The Kier molecular flexibility index (Phi) is 3.19. The van der Waals surface area contributed by atoms with E-state index in [-0.39, 0.29) is 0 Å². The van der Waals surface area contributed by atoms with Crippen LogP contribution in [0, 0.1) is 11.8 Å². The summed E-state index contributed by atoms with van der Waals surface area (Å²) in [6.45, 7) is 3.29. The second-order valence-electron chi connectivity index (χ2n) is 4.65. The molecule has 3 heteroatoms. The van der Waals surface area contributed by atoms with Crippen LogP contribution < -0.4 is 0 Å². The Morgan fingerprint density at radius 2 is 2.29 bits per heavy atom. The molecule has 1 saturated heterocycles. The third-order valence-electron chi connectivity index (χ3n) is 3.54. The topological polar surface area (TPSA) is 40.5 Å². The maximum Gasteiger partial charge on any atom is 0.137 e. The summed E-state index contributed by atoms with van der Waals surface area (Å²) < 4.78 is 0. The minimum absolute atomic E-state index is 0.299. The summed E-state index contributed by atoms with van der Waals surface area (Å²) in [5, 5.41) is 9.00. The Balaban J connectivity index is 1.78. The normalized spacial score (nSPS) is 34.2. The molecule has 0 aromatic heterocycles. The molecule has 3 nitrogen and oxygen atoms in total. The van der Waals surface area contributed by atoms with Crippen molar-refractivity contribution in [1.82, 2.24) is 4.90 Å². The van der Waals surface area contributed by atoms with Crippen LogP contribution in [0.3, 0.4) is 0 Å². The lowest BCUT2D eigenvalue weighted by atomic mass is 10.1. The average molecular weight is 197 g/mol. The first-order chi connectivity index (χ1) is 6.79. The molecule has 2 atom stereocenters. The molecule has 2 aliphatic rings. The number of Topliss-reactive ketones (excluding diaryl/α,β-unsaturated/α-hetero) is 1. The first kappa shape index (κ1) is 10.1. The fourth-order valence-corrected chi connectivity index (χ4v) is 2.62. The Morgan fingerprint density at radius 3 is 2.86 bits per heavy atom. The quantitative estimate of drug-likeness (QED) is 0.723. The van der Waals surface area contributed by atoms with Crippen molar-refractivity contribution in [2.24, 2.45) is 11.8 Å². The molecule has 80 valence electrons. The number of aliphatic hydroxyl groups excluding tert-OH is 1. The Morgan fingerprint density at radius 1 is 1.43 bits per heavy atom. The smallest absolute Gasteiger partial charge is 0.137 e. The van der Waals surface area contributed by atoms with Crippen LogP contribution >= 0.6 is 0 Å². The van der Waals surface area contributed by atoms with Crippen molar-refractivity contribution in [1.29, 1.82) is 0 Å². The zero-order valence-corrected chi connectivity index (χ0v) is 8.61. The summed E-state index contributed by atoms with van der Waals surface area (Å²) in [6, 6.07) is 0. The molecule has 1 N–H and O–H groups in total. The van der Waals surface area contributed by atoms with Crippen LogP contribution in [0.25, 0.3) is 0 Å². The van der Waals surface area contributed by atoms with Crippen LogP contribution in [-0.2, 0) is 4.79 Å². The molecular formula is C11H19NO2. The van der Waals surface area contributed by atoms with E-state index in [0.29, 0.717) is 24.2 Å². The third-order valence-corrected chi connectivity index (χ3v) is 3.54. The van der Waals surface area contributed by atoms with Gasteiger partial charge in [0.15, 0.2) is 0 Å². The Bertz CT molecular complexity index is 217. The largest absolute Gasteiger partial charge is 0.396 e. The molecule has 0 aromatic carbocycles. The number of carbonyl (C=O) groups is 1. The van der Waals surface area contributed by atoms with E-state index in [1.807, 2.05) is 0 Å². The van der Waals surface area contributed by atoms with Crippen LogP contribution in [0.5, 0.6) is 0 Å². The van der Waals surface area contributed by atoms with Gasteiger partial charge in [0.25, 0.3) is 0 Å². The molecule has 0 spiro atoms. The summed E-state index contributed by atoms with van der Waals surface area (Å²) in [5.74, 6) is 1.20. The SMILES string of the molecule is O=C1CCCC1CN1CCC(CO)C1. The van der Waals surface area contributed by atoms with Gasteiger partial charge in [-0.25, -0.2) is 0 Å². The van der Waals surface area contributed by atoms with E-state index < -0.39 is 0 Å². The van der Waals surface area contributed by atoms with Crippen molar-refractivity contribution < 1.29 is 9.90 Å². The van der Waals surface area contributed by atoms with Crippen molar-refractivity contribution >= 4 is 5.78 Å². The highest BCUT2D eigenvalue weighted by Gasteiger charge is 2.29. The number of hydrogen-bond acceptors (Lipinski definition) is 3. The molecule has 2 rings (SSSR count). The lowest BCUT2D eigenvalue weighted by Gasteiger charge is -2.18. The van der Waals surface area contributed by atoms with Crippen molar-refractivity contribution in [2.45, 2.75) is 25.7 Å². The first-order valence-electron chi connectivity index (χ1n) is 5.65. The lowest BCUT2D eigenvalue weighted by Crippen LogP contribution is -2.29. The molecule has 0 radical (unpaired) electrons. The van der Waals surface area contributed by atoms with Crippen LogP contribution in [-0.4, -0.2) is 42.0 Å². The average Bonchev–Trinajstić information content (AvgIpc) is 2.77. The number of rotatable bonds is 3. The van der Waals surface area contributed by atoms with Crippen LogP contribution in [0.4, 0.5) is 0 Å². The molecule has 1 saturated carbocycles. The standard InChI is InChI=1S/C11H19NO2/c13-8-9-4-5-12(6-9)7-10-2-1-3-11(10)14/h9-10,13H,1-8H2. The minimum atomic E-state index is 0.299. The minimum Gasteiger partial charge on any atom is -0.396 e. The summed E-state index contributed by atoms with van der Waals surface area (Å²) >= 11 is 0. The first-order valence-corrected chi connectivity index (χ1v) is 5.65. The van der Waals surface area contributed by atoms with Crippen molar-refractivity contribution in [3.05, 3.63) is 0 Å². The molecule has 1 aliphatic heterocycles. The van der Waals surface area contributed by atoms with Gasteiger partial charge in [0.05, 0.1) is 0 Å². The van der Waals surface area contributed by atoms with E-state index in [4.69, 9.17) is 5.11 Å². The number of nitrogens with zero attached hydrogens (tertiary/aromatic N) is 1. The monoisotopic (exact) mass is 197 g/mol. The van der Waals surface area contributed by atoms with Gasteiger partial charge in [-0.05, 0) is 31.7 Å². The van der Waals surface area contributed by atoms with Crippen molar-refractivity contribution in [3.63, 3.8) is 0 Å². The second-order valence-corrected chi connectivity index (χ2v) is 4.65. The maximum absolute atomic E-state index is 11.4. The summed E-state index contributed by atoms with van der Waals surface area (Å²) in [7, 11) is 0. The van der Waals surface area contributed by atoms with Gasteiger partial charge >= 0.3 is 0 Å². The third kappa shape index (κ3) is 2.15. The molecule has 2 unspecified atom stereocenters. The molecule has 0 bridgehead atoms. The Labute approximate surface area is 85.1 Å². The van der Waals surface area contributed by atoms with Crippen LogP contribution in [0.15, 0.2) is 0 Å². The number of aliphatic hydroxyl groups is 1. The highest BCUT2D eigenvalue weighted by atomic mass is 16.3. The molecular weight excluding hydrogens is 178 g/mol.